The van der Waals surface area contributed by atoms with E-state index in [0.717, 1.165) is 24.0 Å². The van der Waals surface area contributed by atoms with E-state index in [0.29, 0.717) is 48.8 Å². The van der Waals surface area contributed by atoms with Crippen molar-refractivity contribution >= 4 is 15.8 Å². The Morgan fingerprint density at radius 1 is 1.03 bits per heavy atom. The molecule has 1 aromatic heterocycles. The van der Waals surface area contributed by atoms with Crippen molar-refractivity contribution in [3.8, 4) is 22.8 Å². The monoisotopic (exact) mass is 522 g/mol. The molecule has 2 aliphatic heterocycles. The van der Waals surface area contributed by atoms with E-state index in [1.807, 2.05) is 36.4 Å². The second-order valence-electron chi connectivity index (χ2n) is 9.92. The van der Waals surface area contributed by atoms with E-state index in [1.54, 1.807) is 24.3 Å². The van der Waals surface area contributed by atoms with Crippen LogP contribution in [0.15, 0.2) is 65.6 Å². The van der Waals surface area contributed by atoms with Gasteiger partial charge in [-0.15, -0.1) is 0 Å². The van der Waals surface area contributed by atoms with Crippen LogP contribution in [0.25, 0.3) is 11.3 Å². The Morgan fingerprint density at radius 2 is 1.76 bits per heavy atom. The van der Waals surface area contributed by atoms with Gasteiger partial charge in [0, 0.05) is 32.2 Å². The number of aliphatic hydroxyl groups excluding tert-OH is 1. The van der Waals surface area contributed by atoms with E-state index in [1.165, 1.54) is 4.31 Å². The van der Waals surface area contributed by atoms with Gasteiger partial charge in [-0.2, -0.15) is 4.31 Å². The summed E-state index contributed by atoms with van der Waals surface area (Å²) in [5, 5.41) is 9.68. The van der Waals surface area contributed by atoms with Crippen molar-refractivity contribution in [2.75, 3.05) is 19.9 Å². The molecule has 3 aromatic rings. The first kappa shape index (κ1) is 24.1. The summed E-state index contributed by atoms with van der Waals surface area (Å²) >= 11 is 0. The Kier molecular flexibility index (Phi) is 6.01. The van der Waals surface area contributed by atoms with Crippen LogP contribution in [0.4, 0.5) is 0 Å². The molecule has 1 saturated heterocycles. The molecule has 0 bridgehead atoms. The summed E-state index contributed by atoms with van der Waals surface area (Å²) in [4.78, 5) is 18.3. The van der Waals surface area contributed by atoms with Gasteiger partial charge in [-0.05, 0) is 67.6 Å². The number of rotatable bonds is 7. The van der Waals surface area contributed by atoms with Crippen molar-refractivity contribution in [2.24, 2.45) is 0 Å². The van der Waals surface area contributed by atoms with Crippen LogP contribution < -0.4 is 9.47 Å². The molecule has 1 N–H and O–H groups in total. The van der Waals surface area contributed by atoms with E-state index in [-0.39, 0.29) is 25.3 Å². The Balaban J connectivity index is 0.00000294. The topological polar surface area (TPSA) is 106 Å². The van der Waals surface area contributed by atoms with Gasteiger partial charge in [0.25, 0.3) is 0 Å². The molecule has 37 heavy (non-hydrogen) atoms. The number of sulfonamides is 1. The average Bonchev–Trinajstić information content (AvgIpc) is 3.60. The minimum absolute atomic E-state index is 0. The quantitative estimate of drug-likeness (QED) is 0.504. The number of benzene rings is 2. The van der Waals surface area contributed by atoms with Crippen LogP contribution in [0.5, 0.6) is 11.5 Å². The number of pyridine rings is 1. The number of ether oxygens (including phenoxy) is 2. The number of piperidine rings is 1. The minimum atomic E-state index is -3.61. The van der Waals surface area contributed by atoms with Crippen LogP contribution in [0.1, 0.15) is 38.4 Å². The molecule has 1 aliphatic carbocycles. The molecule has 0 unspecified atom stereocenters. The van der Waals surface area contributed by atoms with Crippen LogP contribution in [0, 0.1) is 0 Å². The highest BCUT2D eigenvalue weighted by atomic mass is 32.2. The summed E-state index contributed by atoms with van der Waals surface area (Å²) in [5.74, 6) is 1.51. The Morgan fingerprint density at radius 3 is 2.49 bits per heavy atom. The molecule has 0 radical (unpaired) electrons. The van der Waals surface area contributed by atoms with Crippen molar-refractivity contribution in [1.82, 2.24) is 9.29 Å². The van der Waals surface area contributed by atoms with Crippen molar-refractivity contribution in [2.45, 2.75) is 48.5 Å². The molecule has 9 heteroatoms. The lowest BCUT2D eigenvalue weighted by Gasteiger charge is -2.28. The van der Waals surface area contributed by atoms with Gasteiger partial charge in [0.1, 0.15) is 5.78 Å². The third kappa shape index (κ3) is 4.52. The zero-order chi connectivity index (χ0) is 25.6. The molecule has 2 aromatic carbocycles. The molecule has 6 rings (SSSR count). The second-order valence-corrected chi connectivity index (χ2v) is 11.9. The average molecular weight is 523 g/mol. The highest BCUT2D eigenvalue weighted by Crippen LogP contribution is 2.51. The number of hydrogen-bond donors (Lipinski definition) is 1. The highest BCUT2D eigenvalue weighted by Gasteiger charge is 2.51. The van der Waals surface area contributed by atoms with E-state index in [4.69, 9.17) is 14.5 Å². The Labute approximate surface area is 217 Å². The number of carbonyl (C=O) groups is 1. The number of carbonyl (C=O) groups excluding carboxylic acids is 1. The zero-order valence-corrected chi connectivity index (χ0v) is 21.1. The number of nitrogens with zero attached hydrogens (tertiary/aromatic N) is 2. The molecular weight excluding hydrogens is 492 g/mol. The summed E-state index contributed by atoms with van der Waals surface area (Å²) in [7, 11) is -3.61. The first-order chi connectivity index (χ1) is 17.8. The smallest absolute Gasteiger partial charge is 0.243 e. The fourth-order valence-electron chi connectivity index (χ4n) is 5.15. The first-order valence-corrected chi connectivity index (χ1v) is 14.0. The van der Waals surface area contributed by atoms with E-state index >= 15 is 0 Å². The zero-order valence-electron chi connectivity index (χ0n) is 20.3. The maximum absolute atomic E-state index is 13.4. The molecule has 3 heterocycles. The number of aromatic nitrogens is 1. The predicted octanol–water partition coefficient (Wildman–Crippen LogP) is 3.71. The standard InChI is InChI=1S/C28H28N2O6S.H2/c31-22-10-14-30(15-11-22)37(33,34)23-7-4-19(5-8-23)24-3-1-2-21(29-24)17-27(32)28(12-13-28)20-6-9-25-26(16-20)36-18-35-25;/h1-9,16,22,31H,10-15,17-18H2;1H. The third-order valence-electron chi connectivity index (χ3n) is 7.57. The lowest BCUT2D eigenvalue weighted by atomic mass is 9.88. The van der Waals surface area contributed by atoms with Crippen LogP contribution in [-0.4, -0.2) is 54.6 Å². The molecule has 194 valence electrons. The van der Waals surface area contributed by atoms with Gasteiger partial charge in [-0.25, -0.2) is 8.42 Å². The van der Waals surface area contributed by atoms with Gasteiger partial charge in [0.2, 0.25) is 16.8 Å². The van der Waals surface area contributed by atoms with Crippen LogP contribution in [-0.2, 0) is 26.7 Å². The number of Topliss-reactive ketones (excluding diaryl/α,β-unsaturated/α-hetero) is 1. The lowest BCUT2D eigenvalue weighted by Crippen LogP contribution is -2.39. The molecule has 3 aliphatic rings. The van der Waals surface area contributed by atoms with Crippen molar-refractivity contribution in [3.63, 3.8) is 0 Å². The largest absolute Gasteiger partial charge is 0.454 e. The summed E-state index contributed by atoms with van der Waals surface area (Å²) in [6.07, 6.45) is 2.28. The molecule has 8 nitrogen and oxygen atoms in total. The Bertz CT molecular complexity index is 1450. The first-order valence-electron chi connectivity index (χ1n) is 12.5. The SMILES string of the molecule is O=C(Cc1cccc(-c2ccc(S(=O)(=O)N3CCC(O)CC3)cc2)n1)C1(c2ccc3c(c2)OCO3)CC1.[HH]. The van der Waals surface area contributed by atoms with Gasteiger partial charge in [0.05, 0.1) is 22.1 Å². The van der Waals surface area contributed by atoms with Gasteiger partial charge < -0.3 is 14.6 Å². The molecule has 2 fully saturated rings. The van der Waals surface area contributed by atoms with E-state index in [2.05, 4.69) is 0 Å². The number of hydrogen-bond acceptors (Lipinski definition) is 7. The van der Waals surface area contributed by atoms with Crippen LogP contribution >= 0.6 is 0 Å². The fourth-order valence-corrected chi connectivity index (χ4v) is 6.62. The number of ketones is 1. The molecular formula is C28H30N2O6S. The van der Waals surface area contributed by atoms with Crippen molar-refractivity contribution in [3.05, 3.63) is 71.9 Å². The van der Waals surface area contributed by atoms with Crippen molar-refractivity contribution in [1.29, 1.82) is 0 Å². The summed E-state index contributed by atoms with van der Waals surface area (Å²) < 4.78 is 38.3. The van der Waals surface area contributed by atoms with Gasteiger partial charge >= 0.3 is 0 Å². The second kappa shape index (κ2) is 9.24. The normalized spacial score (nSPS) is 19.1. The van der Waals surface area contributed by atoms with Crippen LogP contribution in [0.2, 0.25) is 0 Å². The van der Waals surface area contributed by atoms with E-state index < -0.39 is 21.5 Å². The van der Waals surface area contributed by atoms with Crippen LogP contribution in [0.3, 0.4) is 0 Å². The third-order valence-corrected chi connectivity index (χ3v) is 9.48. The minimum Gasteiger partial charge on any atom is -0.454 e. The van der Waals surface area contributed by atoms with E-state index in [9.17, 15) is 18.3 Å². The summed E-state index contributed by atoms with van der Waals surface area (Å²) in [6.45, 7) is 0.832. The maximum atomic E-state index is 13.4. The highest BCUT2D eigenvalue weighted by molar-refractivity contribution is 7.89. The molecule has 1 saturated carbocycles. The predicted molar refractivity (Wildman–Crippen MR) is 138 cm³/mol. The molecule has 0 amide bonds. The summed E-state index contributed by atoms with van der Waals surface area (Å²) in [5.41, 5.74) is 2.60. The van der Waals surface area contributed by atoms with Crippen molar-refractivity contribution < 1.29 is 29.2 Å². The van der Waals surface area contributed by atoms with Gasteiger partial charge in [0.15, 0.2) is 11.5 Å². The lowest BCUT2D eigenvalue weighted by molar-refractivity contribution is -0.120. The Hall–Kier alpha value is -3.27. The summed E-state index contributed by atoms with van der Waals surface area (Å²) in [6, 6.07) is 18.0. The fraction of sp³-hybridized carbons (Fsp3) is 0.357. The number of aliphatic hydroxyl groups is 1. The molecule has 0 spiro atoms. The van der Waals surface area contributed by atoms with Gasteiger partial charge in [-0.1, -0.05) is 24.3 Å². The van der Waals surface area contributed by atoms with Gasteiger partial charge in [-0.3, -0.25) is 9.78 Å². The number of fused-ring (bicyclic) bond motifs is 1. The maximum Gasteiger partial charge on any atom is 0.243 e. The molecule has 0 atom stereocenters.